The number of nitrogens with one attached hydrogen (secondary N) is 2. The molecule has 3 rings (SSSR count). The average molecular weight is 200 g/mol. The molecule has 0 saturated heterocycles. The van der Waals surface area contributed by atoms with Crippen LogP contribution in [-0.4, -0.2) is 22.9 Å². The van der Waals surface area contributed by atoms with Gasteiger partial charge in [-0.3, -0.25) is 9.79 Å². The lowest BCUT2D eigenvalue weighted by Crippen LogP contribution is -2.06. The third kappa shape index (κ3) is 1.13. The average Bonchev–Trinajstić information content (AvgIpc) is 2.71. The Hall–Kier alpha value is -2.17. The van der Waals surface area contributed by atoms with Gasteiger partial charge in [0.15, 0.2) is 0 Å². The molecule has 2 N–H and O–H groups in total. The number of aliphatic imine (C=N–C) groups is 1. The topological polar surface area (TPSA) is 70.1 Å². The molecule has 0 spiro atoms. The van der Waals surface area contributed by atoms with Crippen molar-refractivity contribution in [2.24, 2.45) is 4.99 Å². The van der Waals surface area contributed by atoms with Gasteiger partial charge in [0, 0.05) is 29.6 Å². The van der Waals surface area contributed by atoms with Crippen molar-refractivity contribution in [3.8, 4) is 0 Å². The number of hydrogen-bond acceptors (Lipinski definition) is 4. The summed E-state index contributed by atoms with van der Waals surface area (Å²) in [5.74, 6) is 0. The Balaban J connectivity index is 2.55. The van der Waals surface area contributed by atoms with Gasteiger partial charge in [-0.1, -0.05) is 0 Å². The Labute approximate surface area is 84.9 Å². The van der Waals surface area contributed by atoms with Crippen molar-refractivity contribution in [1.82, 2.24) is 9.97 Å². The van der Waals surface area contributed by atoms with Crippen molar-refractivity contribution in [2.45, 2.75) is 0 Å². The Morgan fingerprint density at radius 2 is 2.33 bits per heavy atom. The molecule has 15 heavy (non-hydrogen) atoms. The first-order chi connectivity index (χ1) is 7.36. The van der Waals surface area contributed by atoms with Crippen LogP contribution in [0.2, 0.25) is 0 Å². The molecule has 0 amide bonds. The molecular formula is C10H8N4O. The number of aromatic amines is 1. The van der Waals surface area contributed by atoms with E-state index in [1.807, 2.05) is 6.07 Å². The van der Waals surface area contributed by atoms with Crippen LogP contribution >= 0.6 is 0 Å². The molecule has 2 aromatic heterocycles. The van der Waals surface area contributed by atoms with Crippen LogP contribution < -0.4 is 10.9 Å². The van der Waals surface area contributed by atoms with E-state index >= 15 is 0 Å². The SMILES string of the molecule is O=c1ncc2c(c3cc[nH]c13)NCN=C2. The van der Waals surface area contributed by atoms with Crippen LogP contribution in [0.5, 0.6) is 0 Å². The van der Waals surface area contributed by atoms with Gasteiger partial charge in [0.1, 0.15) is 12.2 Å². The zero-order chi connectivity index (χ0) is 10.3. The third-order valence-corrected chi connectivity index (χ3v) is 2.42. The molecule has 5 nitrogen and oxygen atoms in total. The lowest BCUT2D eigenvalue weighted by Gasteiger charge is -2.09. The van der Waals surface area contributed by atoms with Gasteiger partial charge < -0.3 is 10.3 Å². The van der Waals surface area contributed by atoms with E-state index in [9.17, 15) is 4.79 Å². The summed E-state index contributed by atoms with van der Waals surface area (Å²) in [5, 5.41) is 4.00. The summed E-state index contributed by atoms with van der Waals surface area (Å²) in [6.07, 6.45) is 5.01. The molecule has 0 fully saturated rings. The molecule has 1 aliphatic heterocycles. The van der Waals surface area contributed by atoms with Gasteiger partial charge in [-0.15, -0.1) is 0 Å². The summed E-state index contributed by atoms with van der Waals surface area (Å²) in [4.78, 5) is 22.4. The number of H-pyrrole nitrogens is 1. The summed E-state index contributed by atoms with van der Waals surface area (Å²) >= 11 is 0. The fourth-order valence-corrected chi connectivity index (χ4v) is 1.73. The summed E-state index contributed by atoms with van der Waals surface area (Å²) in [7, 11) is 0. The molecule has 3 heterocycles. The number of nitrogens with zero attached hydrogens (tertiary/aromatic N) is 2. The lowest BCUT2D eigenvalue weighted by atomic mass is 10.2. The van der Waals surface area contributed by atoms with Gasteiger partial charge in [-0.05, 0) is 6.07 Å². The molecule has 1 aliphatic rings. The first-order valence-corrected chi connectivity index (χ1v) is 4.60. The second-order valence-corrected chi connectivity index (χ2v) is 3.31. The maximum absolute atomic E-state index is 11.6. The summed E-state index contributed by atoms with van der Waals surface area (Å²) in [5.41, 5.74) is 2.03. The van der Waals surface area contributed by atoms with Crippen molar-refractivity contribution >= 4 is 22.8 Å². The van der Waals surface area contributed by atoms with E-state index in [0.29, 0.717) is 12.2 Å². The van der Waals surface area contributed by atoms with Crippen molar-refractivity contribution in [2.75, 3.05) is 12.0 Å². The number of aromatic nitrogens is 2. The molecule has 5 heteroatoms. The van der Waals surface area contributed by atoms with Gasteiger partial charge in [-0.2, -0.15) is 0 Å². The van der Waals surface area contributed by atoms with Crippen LogP contribution in [0, 0.1) is 0 Å². The second-order valence-electron chi connectivity index (χ2n) is 3.31. The fraction of sp³-hybridized carbons (Fsp3) is 0.100. The minimum absolute atomic E-state index is 0.250. The molecule has 0 radical (unpaired) electrons. The van der Waals surface area contributed by atoms with Crippen molar-refractivity contribution < 1.29 is 0 Å². The molecule has 2 aromatic rings. The van der Waals surface area contributed by atoms with Crippen LogP contribution in [-0.2, 0) is 0 Å². The summed E-state index contributed by atoms with van der Waals surface area (Å²) in [6.45, 7) is 0.533. The van der Waals surface area contributed by atoms with E-state index in [2.05, 4.69) is 20.3 Å². The highest BCUT2D eigenvalue weighted by Gasteiger charge is 2.10. The molecule has 0 unspecified atom stereocenters. The molecule has 0 aliphatic carbocycles. The minimum atomic E-state index is -0.250. The summed E-state index contributed by atoms with van der Waals surface area (Å²) < 4.78 is 0. The zero-order valence-corrected chi connectivity index (χ0v) is 7.82. The van der Waals surface area contributed by atoms with Crippen LogP contribution in [0.15, 0.2) is 28.2 Å². The minimum Gasteiger partial charge on any atom is -0.365 e. The zero-order valence-electron chi connectivity index (χ0n) is 7.82. The van der Waals surface area contributed by atoms with Gasteiger partial charge in [0.05, 0.1) is 5.69 Å². The monoisotopic (exact) mass is 200 g/mol. The van der Waals surface area contributed by atoms with E-state index in [4.69, 9.17) is 0 Å². The van der Waals surface area contributed by atoms with Gasteiger partial charge >= 0.3 is 0 Å². The number of fused-ring (bicyclic) bond motifs is 3. The number of anilines is 1. The maximum atomic E-state index is 11.6. The quantitative estimate of drug-likeness (QED) is 0.658. The smallest absolute Gasteiger partial charge is 0.294 e. The molecular weight excluding hydrogens is 192 g/mol. The normalized spacial score (nSPS) is 13.6. The van der Waals surface area contributed by atoms with Crippen molar-refractivity contribution in [3.05, 3.63) is 34.4 Å². The van der Waals surface area contributed by atoms with E-state index in [1.165, 1.54) is 0 Å². The molecule has 0 saturated carbocycles. The highest BCUT2D eigenvalue weighted by atomic mass is 16.1. The van der Waals surface area contributed by atoms with Crippen LogP contribution in [0.25, 0.3) is 10.9 Å². The molecule has 0 atom stereocenters. The number of rotatable bonds is 0. The van der Waals surface area contributed by atoms with Gasteiger partial charge in [0.2, 0.25) is 0 Å². The van der Waals surface area contributed by atoms with Crippen molar-refractivity contribution in [3.63, 3.8) is 0 Å². The predicted octanol–water partition coefficient (Wildman–Crippen LogP) is 0.725. The molecule has 0 aromatic carbocycles. The Bertz CT molecular complexity index is 614. The van der Waals surface area contributed by atoms with Crippen LogP contribution in [0.1, 0.15) is 5.56 Å². The third-order valence-electron chi connectivity index (χ3n) is 2.42. The Kier molecular flexibility index (Phi) is 1.58. The maximum Gasteiger partial charge on any atom is 0.294 e. The van der Waals surface area contributed by atoms with E-state index in [1.54, 1.807) is 18.6 Å². The van der Waals surface area contributed by atoms with E-state index < -0.39 is 0 Å². The summed E-state index contributed by atoms with van der Waals surface area (Å²) in [6, 6.07) is 1.86. The highest BCUT2D eigenvalue weighted by molar-refractivity contribution is 6.01. The Morgan fingerprint density at radius 1 is 1.40 bits per heavy atom. The first-order valence-electron chi connectivity index (χ1n) is 4.60. The Morgan fingerprint density at radius 3 is 3.27 bits per heavy atom. The van der Waals surface area contributed by atoms with E-state index in [-0.39, 0.29) is 5.56 Å². The van der Waals surface area contributed by atoms with Gasteiger partial charge in [0.25, 0.3) is 5.56 Å². The molecule has 0 bridgehead atoms. The van der Waals surface area contributed by atoms with Gasteiger partial charge in [-0.25, -0.2) is 4.98 Å². The van der Waals surface area contributed by atoms with E-state index in [0.717, 1.165) is 16.6 Å². The number of hydrogen-bond donors (Lipinski definition) is 2. The first kappa shape index (κ1) is 8.16. The standard InChI is InChI=1S/C10H8N4O/c15-10-9-7(1-2-12-9)8-6(4-13-10)3-11-5-14-8/h1-4,12,14H,5H2. The van der Waals surface area contributed by atoms with Crippen molar-refractivity contribution in [1.29, 1.82) is 0 Å². The second kappa shape index (κ2) is 2.91. The van der Waals surface area contributed by atoms with Crippen LogP contribution in [0.3, 0.4) is 0 Å². The predicted molar refractivity (Wildman–Crippen MR) is 58.4 cm³/mol. The van der Waals surface area contributed by atoms with Crippen LogP contribution in [0.4, 0.5) is 5.69 Å². The molecule has 74 valence electrons. The highest BCUT2D eigenvalue weighted by Crippen LogP contribution is 2.23. The largest absolute Gasteiger partial charge is 0.365 e. The fourth-order valence-electron chi connectivity index (χ4n) is 1.73. The lowest BCUT2D eigenvalue weighted by molar-refractivity contribution is 1.13.